The molecule has 1 aromatic heterocycles. The highest BCUT2D eigenvalue weighted by Gasteiger charge is 2.29. The van der Waals surface area contributed by atoms with Crippen molar-refractivity contribution in [3.8, 4) is 5.75 Å². The number of fused-ring (bicyclic) bond motifs is 1. The molecule has 0 spiro atoms. The second kappa shape index (κ2) is 12.1. The number of ether oxygens (including phenoxy) is 2. The summed E-state index contributed by atoms with van der Waals surface area (Å²) in [4.78, 5) is 29.6. The van der Waals surface area contributed by atoms with Crippen molar-refractivity contribution in [2.75, 3.05) is 54.0 Å². The van der Waals surface area contributed by atoms with Gasteiger partial charge in [-0.05, 0) is 41.5 Å². The van der Waals surface area contributed by atoms with E-state index in [0.29, 0.717) is 55.1 Å². The van der Waals surface area contributed by atoms with Crippen LogP contribution in [0.5, 0.6) is 5.75 Å². The summed E-state index contributed by atoms with van der Waals surface area (Å²) in [6.45, 7) is 8.21. The Bertz CT molecular complexity index is 1610. The summed E-state index contributed by atoms with van der Waals surface area (Å²) < 4.78 is 11.5. The van der Waals surface area contributed by atoms with E-state index < -0.39 is 0 Å². The summed E-state index contributed by atoms with van der Waals surface area (Å²) in [7, 11) is 1.62. The van der Waals surface area contributed by atoms with Gasteiger partial charge >= 0.3 is 0 Å². The van der Waals surface area contributed by atoms with Crippen LogP contribution >= 0.6 is 0 Å². The molecule has 2 aliphatic heterocycles. The molecular formula is C32H34N6O4. The normalized spacial score (nSPS) is 18.6. The number of amides is 1. The van der Waals surface area contributed by atoms with Crippen LogP contribution in [0.1, 0.15) is 24.9 Å². The van der Waals surface area contributed by atoms with Crippen molar-refractivity contribution >= 4 is 45.4 Å². The molecule has 216 valence electrons. The predicted octanol–water partition coefficient (Wildman–Crippen LogP) is 5.61. The Labute approximate surface area is 244 Å². The van der Waals surface area contributed by atoms with E-state index in [2.05, 4.69) is 62.4 Å². The second-order valence-corrected chi connectivity index (χ2v) is 10.3. The third kappa shape index (κ3) is 5.72. The molecule has 2 fully saturated rings. The highest BCUT2D eigenvalue weighted by atomic mass is 16.7. The number of nitrogens with zero attached hydrogens (tertiary/aromatic N) is 4. The number of aromatic nitrogens is 2. The fourth-order valence-corrected chi connectivity index (χ4v) is 5.51. The Morgan fingerprint density at radius 2 is 1.93 bits per heavy atom. The first-order valence-electron chi connectivity index (χ1n) is 14.0. The molecule has 4 aromatic rings. The average molecular weight is 567 g/mol. The third-order valence-corrected chi connectivity index (χ3v) is 7.55. The van der Waals surface area contributed by atoms with Crippen LogP contribution in [0.2, 0.25) is 0 Å². The number of morpholine rings is 1. The minimum atomic E-state index is -0.302. The molecule has 0 saturated carbocycles. The van der Waals surface area contributed by atoms with Gasteiger partial charge in [-0.25, -0.2) is 15.0 Å². The number of hydroxylamine groups is 1. The van der Waals surface area contributed by atoms with Gasteiger partial charge in [0.2, 0.25) is 5.91 Å². The van der Waals surface area contributed by atoms with Crippen LogP contribution < -0.4 is 25.3 Å². The molecule has 0 bridgehead atoms. The van der Waals surface area contributed by atoms with Gasteiger partial charge in [-0.3, -0.25) is 9.63 Å². The first kappa shape index (κ1) is 27.5. The van der Waals surface area contributed by atoms with Crippen LogP contribution in [-0.4, -0.2) is 55.4 Å². The first-order chi connectivity index (χ1) is 20.5. The van der Waals surface area contributed by atoms with E-state index >= 15 is 0 Å². The minimum Gasteiger partial charge on any atom is -0.494 e. The van der Waals surface area contributed by atoms with Crippen LogP contribution in [0.4, 0.5) is 28.7 Å². The maximum absolute atomic E-state index is 12.4. The minimum absolute atomic E-state index is 0.0165. The van der Waals surface area contributed by atoms with Crippen molar-refractivity contribution in [2.24, 2.45) is 0 Å². The van der Waals surface area contributed by atoms with Gasteiger partial charge in [-0.2, -0.15) is 0 Å². The van der Waals surface area contributed by atoms with Crippen molar-refractivity contribution in [1.29, 1.82) is 0 Å². The van der Waals surface area contributed by atoms with Crippen molar-refractivity contribution in [2.45, 2.75) is 25.5 Å². The Balaban J connectivity index is 1.29. The molecule has 10 nitrogen and oxygen atoms in total. The lowest BCUT2D eigenvalue weighted by molar-refractivity contribution is -0.111. The topological polar surface area (TPSA) is 101 Å². The molecule has 6 rings (SSSR count). The third-order valence-electron chi connectivity index (χ3n) is 7.55. The molecule has 3 heterocycles. The van der Waals surface area contributed by atoms with E-state index in [1.165, 1.54) is 23.2 Å². The Morgan fingerprint density at radius 3 is 2.74 bits per heavy atom. The molecule has 1 amide bonds. The van der Waals surface area contributed by atoms with Gasteiger partial charge in [0.25, 0.3) is 0 Å². The smallest absolute Gasteiger partial charge is 0.247 e. The van der Waals surface area contributed by atoms with E-state index in [9.17, 15) is 4.79 Å². The fraction of sp³-hybridized carbons (Fsp3) is 0.281. The van der Waals surface area contributed by atoms with Gasteiger partial charge in [0.05, 0.1) is 49.5 Å². The monoisotopic (exact) mass is 566 g/mol. The van der Waals surface area contributed by atoms with Crippen LogP contribution in [-0.2, 0) is 14.4 Å². The molecule has 42 heavy (non-hydrogen) atoms. The van der Waals surface area contributed by atoms with Gasteiger partial charge in [0.15, 0.2) is 5.82 Å². The Kier molecular flexibility index (Phi) is 7.89. The summed E-state index contributed by atoms with van der Waals surface area (Å²) in [5.74, 6) is 1.50. The molecule has 2 unspecified atom stereocenters. The van der Waals surface area contributed by atoms with E-state index in [1.54, 1.807) is 7.11 Å². The maximum atomic E-state index is 12.4. The van der Waals surface area contributed by atoms with Crippen molar-refractivity contribution in [3.63, 3.8) is 0 Å². The summed E-state index contributed by atoms with van der Waals surface area (Å²) in [6.07, 6.45) is 3.66. The summed E-state index contributed by atoms with van der Waals surface area (Å²) in [5, 5.41) is 10.5. The second-order valence-electron chi connectivity index (χ2n) is 10.3. The zero-order valence-electron chi connectivity index (χ0n) is 23.7. The molecular weight excluding hydrogens is 532 g/mol. The zero-order chi connectivity index (χ0) is 29.1. The van der Waals surface area contributed by atoms with Crippen LogP contribution in [0.3, 0.4) is 0 Å². The summed E-state index contributed by atoms with van der Waals surface area (Å²) in [5.41, 5.74) is 3.28. The SMILES string of the molecule is C=CC(=O)Nc1cc(Nc2cc(N3OCCC3c3ccc4ccccc4c3)ncn2)c(OC)cc1N1CCOC(C)C1. The highest BCUT2D eigenvalue weighted by molar-refractivity contribution is 6.02. The number of carbonyl (C=O) groups is 1. The average Bonchev–Trinajstić information content (AvgIpc) is 3.51. The number of benzene rings is 3. The van der Waals surface area contributed by atoms with Gasteiger partial charge in [-0.15, -0.1) is 0 Å². The largest absolute Gasteiger partial charge is 0.494 e. The molecule has 2 aliphatic rings. The Morgan fingerprint density at radius 1 is 1.07 bits per heavy atom. The van der Waals surface area contributed by atoms with Gasteiger partial charge < -0.3 is 25.0 Å². The van der Waals surface area contributed by atoms with E-state index in [0.717, 1.165) is 17.7 Å². The fourth-order valence-electron chi connectivity index (χ4n) is 5.51. The lowest BCUT2D eigenvalue weighted by Crippen LogP contribution is -2.41. The molecule has 2 saturated heterocycles. The van der Waals surface area contributed by atoms with Crippen molar-refractivity contribution in [3.05, 3.63) is 85.2 Å². The molecule has 0 aliphatic carbocycles. The highest BCUT2D eigenvalue weighted by Crippen LogP contribution is 2.40. The molecule has 0 radical (unpaired) electrons. The summed E-state index contributed by atoms with van der Waals surface area (Å²) >= 11 is 0. The molecule has 3 aromatic carbocycles. The van der Waals surface area contributed by atoms with Crippen LogP contribution in [0.15, 0.2) is 79.6 Å². The molecule has 2 N–H and O–H groups in total. The van der Waals surface area contributed by atoms with Gasteiger partial charge in [-0.1, -0.05) is 43.0 Å². The van der Waals surface area contributed by atoms with Crippen LogP contribution in [0, 0.1) is 0 Å². The number of carbonyl (C=O) groups excluding carboxylic acids is 1. The number of hydrogen-bond acceptors (Lipinski definition) is 9. The van der Waals surface area contributed by atoms with Crippen molar-refractivity contribution < 1.29 is 19.1 Å². The lowest BCUT2D eigenvalue weighted by Gasteiger charge is -2.34. The van der Waals surface area contributed by atoms with E-state index in [4.69, 9.17) is 14.3 Å². The van der Waals surface area contributed by atoms with Gasteiger partial charge in [0.1, 0.15) is 17.9 Å². The van der Waals surface area contributed by atoms with Crippen molar-refractivity contribution in [1.82, 2.24) is 9.97 Å². The number of methoxy groups -OCH3 is 1. The van der Waals surface area contributed by atoms with Crippen LogP contribution in [0.25, 0.3) is 10.8 Å². The quantitative estimate of drug-likeness (QED) is 0.263. The zero-order valence-corrected chi connectivity index (χ0v) is 23.7. The maximum Gasteiger partial charge on any atom is 0.247 e. The molecule has 10 heteroatoms. The van der Waals surface area contributed by atoms with E-state index in [-0.39, 0.29) is 18.1 Å². The number of nitrogens with one attached hydrogen (secondary N) is 2. The molecule has 2 atom stereocenters. The number of hydrogen-bond donors (Lipinski definition) is 2. The lowest BCUT2D eigenvalue weighted by atomic mass is 10.0. The predicted molar refractivity (Wildman–Crippen MR) is 164 cm³/mol. The Hall–Kier alpha value is -4.67. The van der Waals surface area contributed by atoms with E-state index in [1.807, 2.05) is 42.3 Å². The first-order valence-corrected chi connectivity index (χ1v) is 14.0. The number of rotatable bonds is 8. The standard InChI is InChI=1S/C32H34N6O4/c1-4-32(39)36-25-16-26(29(40-3)17-28(25)37-12-14-41-21(2)19-37)35-30-18-31(34-20-33-30)38-27(11-13-42-38)24-10-9-22-7-5-6-8-23(22)15-24/h4-10,15-18,20-21,27H,1,11-14,19H2,2-3H3,(H,36,39)(H,33,34,35). The van der Waals surface area contributed by atoms with Gasteiger partial charge in [0, 0.05) is 31.6 Å². The summed E-state index contributed by atoms with van der Waals surface area (Å²) in [6, 6.07) is 20.5. The number of anilines is 5.